The van der Waals surface area contributed by atoms with E-state index >= 15 is 0 Å². The normalized spacial score (nSPS) is 12.0. The first-order chi connectivity index (χ1) is 14.0. The first-order valence-corrected chi connectivity index (χ1v) is 11.0. The highest BCUT2D eigenvalue weighted by Crippen LogP contribution is 2.19. The van der Waals surface area contributed by atoms with E-state index < -0.39 is 10.0 Å². The van der Waals surface area contributed by atoms with Gasteiger partial charge < -0.3 is 9.72 Å². The Morgan fingerprint density at radius 2 is 1.83 bits per heavy atom. The lowest BCUT2D eigenvalue weighted by Gasteiger charge is -2.21. The summed E-state index contributed by atoms with van der Waals surface area (Å²) in [7, 11) is -2.26. The molecule has 3 aromatic rings. The molecule has 0 fully saturated rings. The SMILES string of the molecule is CCCc1ccc(S(=O)(=O)N(CCOC)Cc2nc3ccccc3c(=O)[nH]2)cc1. The minimum atomic E-state index is -3.78. The summed E-state index contributed by atoms with van der Waals surface area (Å²) in [5.41, 5.74) is 1.33. The number of fused-ring (bicyclic) bond motifs is 1. The number of para-hydroxylation sites is 1. The topological polar surface area (TPSA) is 92.4 Å². The highest BCUT2D eigenvalue weighted by atomic mass is 32.2. The average molecular weight is 416 g/mol. The van der Waals surface area contributed by atoms with E-state index in [4.69, 9.17) is 4.74 Å². The third-order valence-electron chi connectivity index (χ3n) is 4.63. The minimum absolute atomic E-state index is 0.0531. The van der Waals surface area contributed by atoms with E-state index in [9.17, 15) is 13.2 Å². The molecule has 1 N–H and O–H groups in total. The van der Waals surface area contributed by atoms with E-state index in [0.29, 0.717) is 10.9 Å². The largest absolute Gasteiger partial charge is 0.383 e. The van der Waals surface area contributed by atoms with Gasteiger partial charge in [0, 0.05) is 13.7 Å². The zero-order valence-electron chi connectivity index (χ0n) is 16.6. The van der Waals surface area contributed by atoms with E-state index in [1.165, 1.54) is 11.4 Å². The Balaban J connectivity index is 1.94. The molecule has 0 saturated heterocycles. The van der Waals surface area contributed by atoms with E-state index in [0.717, 1.165) is 18.4 Å². The van der Waals surface area contributed by atoms with E-state index in [2.05, 4.69) is 16.9 Å². The Bertz CT molecular complexity index is 1120. The maximum Gasteiger partial charge on any atom is 0.258 e. The maximum atomic E-state index is 13.2. The molecule has 0 saturated carbocycles. The van der Waals surface area contributed by atoms with Crippen LogP contribution in [0.3, 0.4) is 0 Å². The number of ether oxygens (including phenoxy) is 1. The number of sulfonamides is 1. The van der Waals surface area contributed by atoms with Gasteiger partial charge in [-0.15, -0.1) is 0 Å². The average Bonchev–Trinajstić information content (AvgIpc) is 2.72. The van der Waals surface area contributed by atoms with Crippen LogP contribution in [-0.4, -0.2) is 43.0 Å². The third-order valence-corrected chi connectivity index (χ3v) is 6.49. The molecule has 0 spiro atoms. The fourth-order valence-corrected chi connectivity index (χ4v) is 4.51. The lowest BCUT2D eigenvalue weighted by molar-refractivity contribution is 0.176. The molecular weight excluding hydrogens is 390 g/mol. The second kappa shape index (κ2) is 9.30. The van der Waals surface area contributed by atoms with Crippen LogP contribution in [0.25, 0.3) is 10.9 Å². The molecule has 0 unspecified atom stereocenters. The highest BCUT2D eigenvalue weighted by molar-refractivity contribution is 7.89. The number of benzene rings is 2. The summed E-state index contributed by atoms with van der Waals surface area (Å²) in [6.07, 6.45) is 1.89. The number of aryl methyl sites for hydroxylation is 1. The standard InChI is InChI=1S/C21H25N3O4S/c1-3-6-16-9-11-17(12-10-16)29(26,27)24(13-14-28-2)15-20-22-19-8-5-4-7-18(19)21(25)23-20/h4-5,7-12H,3,6,13-15H2,1-2H3,(H,22,23,25). The van der Waals surface area contributed by atoms with Gasteiger partial charge in [0.1, 0.15) is 5.82 Å². The first-order valence-electron chi connectivity index (χ1n) is 9.51. The molecule has 0 radical (unpaired) electrons. The van der Waals surface area contributed by atoms with Gasteiger partial charge in [-0.1, -0.05) is 37.6 Å². The summed E-state index contributed by atoms with van der Waals surface area (Å²) >= 11 is 0. The maximum absolute atomic E-state index is 13.2. The molecule has 2 aromatic carbocycles. The number of H-pyrrole nitrogens is 1. The Kier molecular flexibility index (Phi) is 6.79. The summed E-state index contributed by atoms with van der Waals surface area (Å²) in [6, 6.07) is 13.9. The van der Waals surface area contributed by atoms with Crippen molar-refractivity contribution in [2.45, 2.75) is 31.2 Å². The van der Waals surface area contributed by atoms with Crippen molar-refractivity contribution in [3.05, 3.63) is 70.3 Å². The molecule has 8 heteroatoms. The fraction of sp³-hybridized carbons (Fsp3) is 0.333. The van der Waals surface area contributed by atoms with Crippen LogP contribution < -0.4 is 5.56 Å². The van der Waals surface area contributed by atoms with Gasteiger partial charge in [0.15, 0.2) is 0 Å². The smallest absolute Gasteiger partial charge is 0.258 e. The van der Waals surface area contributed by atoms with E-state index in [1.54, 1.807) is 36.4 Å². The van der Waals surface area contributed by atoms with Crippen molar-refractivity contribution in [1.29, 1.82) is 0 Å². The molecule has 154 valence electrons. The summed E-state index contributed by atoms with van der Waals surface area (Å²) in [5, 5.41) is 0.467. The molecule has 7 nitrogen and oxygen atoms in total. The van der Waals surface area contributed by atoms with Crippen molar-refractivity contribution in [2.24, 2.45) is 0 Å². The van der Waals surface area contributed by atoms with Crippen LogP contribution in [0.4, 0.5) is 0 Å². The molecule has 3 rings (SSSR count). The number of hydrogen-bond acceptors (Lipinski definition) is 5. The van der Waals surface area contributed by atoms with Gasteiger partial charge in [-0.3, -0.25) is 4.79 Å². The number of hydrogen-bond donors (Lipinski definition) is 1. The number of nitrogens with one attached hydrogen (secondary N) is 1. The van der Waals surface area contributed by atoms with Crippen LogP contribution in [0, 0.1) is 0 Å². The van der Waals surface area contributed by atoms with Crippen molar-refractivity contribution in [3.8, 4) is 0 Å². The van der Waals surface area contributed by atoms with Crippen LogP contribution in [0.2, 0.25) is 0 Å². The fourth-order valence-electron chi connectivity index (χ4n) is 3.12. The molecule has 0 aliphatic heterocycles. The Morgan fingerprint density at radius 3 is 2.52 bits per heavy atom. The predicted molar refractivity (Wildman–Crippen MR) is 112 cm³/mol. The number of nitrogens with zero attached hydrogens (tertiary/aromatic N) is 2. The monoisotopic (exact) mass is 415 g/mol. The van der Waals surface area contributed by atoms with Crippen molar-refractivity contribution in [2.75, 3.05) is 20.3 Å². The number of methoxy groups -OCH3 is 1. The molecule has 0 bridgehead atoms. The van der Waals surface area contributed by atoms with E-state index in [1.807, 2.05) is 12.1 Å². The molecular formula is C21H25N3O4S. The van der Waals surface area contributed by atoms with Gasteiger partial charge in [0.2, 0.25) is 10.0 Å². The van der Waals surface area contributed by atoms with Crippen LogP contribution >= 0.6 is 0 Å². The van der Waals surface area contributed by atoms with Crippen LogP contribution in [0.1, 0.15) is 24.7 Å². The van der Waals surface area contributed by atoms with Gasteiger partial charge in [0.25, 0.3) is 5.56 Å². The Morgan fingerprint density at radius 1 is 1.10 bits per heavy atom. The number of aromatic amines is 1. The Labute approximate surface area is 170 Å². The zero-order valence-corrected chi connectivity index (χ0v) is 17.4. The summed E-state index contributed by atoms with van der Waals surface area (Å²) in [4.78, 5) is 19.7. The van der Waals surface area contributed by atoms with Gasteiger partial charge in [-0.25, -0.2) is 13.4 Å². The lowest BCUT2D eigenvalue weighted by atomic mass is 10.1. The minimum Gasteiger partial charge on any atom is -0.383 e. The van der Waals surface area contributed by atoms with Crippen molar-refractivity contribution in [3.63, 3.8) is 0 Å². The molecule has 29 heavy (non-hydrogen) atoms. The molecule has 0 aliphatic rings. The Hall–Kier alpha value is -2.55. The number of rotatable bonds is 9. The van der Waals surface area contributed by atoms with Crippen molar-refractivity contribution >= 4 is 20.9 Å². The zero-order chi connectivity index (χ0) is 20.9. The van der Waals surface area contributed by atoms with E-state index in [-0.39, 0.29) is 36.0 Å². The third kappa shape index (κ3) is 4.90. The van der Waals surface area contributed by atoms with Crippen LogP contribution in [0.15, 0.2) is 58.2 Å². The molecule has 0 aliphatic carbocycles. The first kappa shape index (κ1) is 21.2. The van der Waals surface area contributed by atoms with Crippen LogP contribution in [0.5, 0.6) is 0 Å². The molecule has 1 aromatic heterocycles. The summed E-state index contributed by atoms with van der Waals surface area (Å²) in [6.45, 7) is 2.40. The van der Waals surface area contributed by atoms with Crippen molar-refractivity contribution < 1.29 is 13.2 Å². The van der Waals surface area contributed by atoms with Gasteiger partial charge >= 0.3 is 0 Å². The second-order valence-electron chi connectivity index (χ2n) is 6.76. The van der Waals surface area contributed by atoms with Crippen LogP contribution in [-0.2, 0) is 27.7 Å². The highest BCUT2D eigenvalue weighted by Gasteiger charge is 2.25. The lowest BCUT2D eigenvalue weighted by Crippen LogP contribution is -2.34. The van der Waals surface area contributed by atoms with Gasteiger partial charge in [0.05, 0.1) is 29.0 Å². The number of aromatic nitrogens is 2. The molecule has 0 atom stereocenters. The van der Waals surface area contributed by atoms with Crippen molar-refractivity contribution in [1.82, 2.24) is 14.3 Å². The molecule has 0 amide bonds. The quantitative estimate of drug-likeness (QED) is 0.580. The summed E-state index contributed by atoms with van der Waals surface area (Å²) in [5.74, 6) is 0.288. The summed E-state index contributed by atoms with van der Waals surface area (Å²) < 4.78 is 32.8. The van der Waals surface area contributed by atoms with Gasteiger partial charge in [-0.05, 0) is 36.2 Å². The predicted octanol–water partition coefficient (Wildman–Crippen LogP) is 2.71. The molecule has 1 heterocycles. The van der Waals surface area contributed by atoms with Gasteiger partial charge in [-0.2, -0.15) is 4.31 Å². The second-order valence-corrected chi connectivity index (χ2v) is 8.69.